The quantitative estimate of drug-likeness (QED) is 0.851. The lowest BCUT2D eigenvalue weighted by Gasteiger charge is -2.24. The Morgan fingerprint density at radius 2 is 2.13 bits per heavy atom. The Kier molecular flexibility index (Phi) is 3.67. The first-order valence-corrected chi connectivity index (χ1v) is 8.48. The Labute approximate surface area is 135 Å². The van der Waals surface area contributed by atoms with Crippen LogP contribution in [0.1, 0.15) is 68.7 Å². The van der Waals surface area contributed by atoms with E-state index in [2.05, 4.69) is 21.6 Å². The number of carbonyl (C=O) groups is 1. The molecule has 0 bridgehead atoms. The second kappa shape index (κ2) is 5.83. The van der Waals surface area contributed by atoms with Crippen molar-refractivity contribution < 1.29 is 9.32 Å². The maximum atomic E-state index is 12.7. The lowest BCUT2D eigenvalue weighted by molar-refractivity contribution is -0.133. The van der Waals surface area contributed by atoms with Crippen LogP contribution in [0.3, 0.4) is 0 Å². The SMILES string of the molecule is C[C@H](CC(=O)N1CCC[C@H]1c1noc(C2CC2)n1)n1cccc1. The number of carbonyl (C=O) groups excluding carboxylic acids is 1. The summed E-state index contributed by atoms with van der Waals surface area (Å²) >= 11 is 0. The van der Waals surface area contributed by atoms with Gasteiger partial charge in [0.1, 0.15) is 0 Å². The molecular weight excluding hydrogens is 292 g/mol. The van der Waals surface area contributed by atoms with Crippen LogP contribution in [0.25, 0.3) is 0 Å². The van der Waals surface area contributed by atoms with E-state index in [-0.39, 0.29) is 18.0 Å². The Hall–Kier alpha value is -2.11. The van der Waals surface area contributed by atoms with Crippen LogP contribution in [0.2, 0.25) is 0 Å². The zero-order valence-electron chi connectivity index (χ0n) is 13.4. The summed E-state index contributed by atoms with van der Waals surface area (Å²) in [6.45, 7) is 2.86. The summed E-state index contributed by atoms with van der Waals surface area (Å²) in [5, 5.41) is 4.14. The van der Waals surface area contributed by atoms with E-state index in [1.54, 1.807) is 0 Å². The highest BCUT2D eigenvalue weighted by atomic mass is 16.5. The van der Waals surface area contributed by atoms with Gasteiger partial charge in [-0.3, -0.25) is 4.79 Å². The largest absolute Gasteiger partial charge is 0.351 e. The number of rotatable bonds is 5. The van der Waals surface area contributed by atoms with E-state index in [4.69, 9.17) is 4.52 Å². The number of nitrogens with zero attached hydrogens (tertiary/aromatic N) is 4. The monoisotopic (exact) mass is 314 g/mol. The number of aromatic nitrogens is 3. The van der Waals surface area contributed by atoms with Crippen molar-refractivity contribution in [3.8, 4) is 0 Å². The van der Waals surface area contributed by atoms with Gasteiger partial charge in [-0.1, -0.05) is 5.16 Å². The lowest BCUT2D eigenvalue weighted by atomic mass is 10.1. The first kappa shape index (κ1) is 14.5. The van der Waals surface area contributed by atoms with Gasteiger partial charge >= 0.3 is 0 Å². The summed E-state index contributed by atoms with van der Waals surface area (Å²) in [5.41, 5.74) is 0. The average molecular weight is 314 g/mol. The van der Waals surface area contributed by atoms with Crippen LogP contribution in [0.15, 0.2) is 29.0 Å². The molecule has 2 aliphatic rings. The highest BCUT2D eigenvalue weighted by molar-refractivity contribution is 5.77. The Bertz CT molecular complexity index is 675. The molecule has 2 atom stereocenters. The molecule has 1 aliphatic heterocycles. The topological polar surface area (TPSA) is 64.2 Å². The zero-order chi connectivity index (χ0) is 15.8. The molecule has 0 N–H and O–H groups in total. The molecule has 0 unspecified atom stereocenters. The molecule has 0 spiro atoms. The van der Waals surface area contributed by atoms with Crippen LogP contribution in [-0.2, 0) is 4.79 Å². The summed E-state index contributed by atoms with van der Waals surface area (Å²) in [7, 11) is 0. The van der Waals surface area contributed by atoms with Crippen LogP contribution in [0.5, 0.6) is 0 Å². The van der Waals surface area contributed by atoms with E-state index in [0.717, 1.165) is 38.1 Å². The molecule has 1 aliphatic carbocycles. The van der Waals surface area contributed by atoms with Crippen molar-refractivity contribution in [2.24, 2.45) is 0 Å². The first-order chi connectivity index (χ1) is 11.2. The average Bonchev–Trinajstić information content (AvgIpc) is 3.05. The Morgan fingerprint density at radius 3 is 2.87 bits per heavy atom. The molecule has 0 radical (unpaired) electrons. The molecule has 1 saturated carbocycles. The zero-order valence-corrected chi connectivity index (χ0v) is 13.4. The van der Waals surface area contributed by atoms with Crippen molar-refractivity contribution in [1.82, 2.24) is 19.6 Å². The molecule has 1 amide bonds. The normalized spacial score (nSPS) is 22.5. The fourth-order valence-corrected chi connectivity index (χ4v) is 3.33. The second-order valence-corrected chi connectivity index (χ2v) is 6.69. The van der Waals surface area contributed by atoms with E-state index in [9.17, 15) is 4.79 Å². The highest BCUT2D eigenvalue weighted by Crippen LogP contribution is 2.40. The van der Waals surface area contributed by atoms with Gasteiger partial charge in [-0.25, -0.2) is 0 Å². The molecule has 4 rings (SSSR count). The van der Waals surface area contributed by atoms with Gasteiger partial charge in [0.05, 0.1) is 6.04 Å². The van der Waals surface area contributed by atoms with Gasteiger partial charge < -0.3 is 14.0 Å². The minimum absolute atomic E-state index is 0.0180. The molecule has 6 nitrogen and oxygen atoms in total. The van der Waals surface area contributed by atoms with Crippen molar-refractivity contribution in [2.75, 3.05) is 6.54 Å². The van der Waals surface area contributed by atoms with Crippen molar-refractivity contribution in [3.63, 3.8) is 0 Å². The van der Waals surface area contributed by atoms with Crippen LogP contribution in [-0.4, -0.2) is 32.1 Å². The molecule has 2 aromatic heterocycles. The summed E-state index contributed by atoms with van der Waals surface area (Å²) in [6, 6.07) is 4.11. The van der Waals surface area contributed by atoms with Crippen LogP contribution in [0, 0.1) is 0 Å². The number of amides is 1. The molecule has 1 saturated heterocycles. The smallest absolute Gasteiger partial charge is 0.229 e. The predicted molar refractivity (Wildman–Crippen MR) is 83.7 cm³/mol. The third-order valence-corrected chi connectivity index (χ3v) is 4.86. The van der Waals surface area contributed by atoms with Gasteiger partial charge in [0.2, 0.25) is 11.8 Å². The number of likely N-dealkylation sites (tertiary alicyclic amines) is 1. The first-order valence-electron chi connectivity index (χ1n) is 8.48. The van der Waals surface area contributed by atoms with Gasteiger partial charge in [0.15, 0.2) is 5.82 Å². The molecule has 6 heteroatoms. The van der Waals surface area contributed by atoms with Crippen LogP contribution >= 0.6 is 0 Å². The van der Waals surface area contributed by atoms with Crippen LogP contribution in [0.4, 0.5) is 0 Å². The van der Waals surface area contributed by atoms with Crippen molar-refractivity contribution >= 4 is 5.91 Å². The van der Waals surface area contributed by atoms with Gasteiger partial charge in [0.25, 0.3) is 0 Å². The fourth-order valence-electron chi connectivity index (χ4n) is 3.33. The van der Waals surface area contributed by atoms with E-state index in [0.29, 0.717) is 18.2 Å². The minimum Gasteiger partial charge on any atom is -0.351 e. The van der Waals surface area contributed by atoms with Gasteiger partial charge in [-0.2, -0.15) is 4.98 Å². The maximum absolute atomic E-state index is 12.7. The molecule has 2 aromatic rings. The van der Waals surface area contributed by atoms with Crippen LogP contribution < -0.4 is 0 Å². The molecule has 23 heavy (non-hydrogen) atoms. The Morgan fingerprint density at radius 1 is 1.35 bits per heavy atom. The van der Waals surface area contributed by atoms with E-state index in [1.807, 2.05) is 29.4 Å². The standard InChI is InChI=1S/C17H22N4O2/c1-12(20-8-2-3-9-20)11-15(22)21-10-4-5-14(21)16-18-17(23-19-16)13-6-7-13/h2-3,8-9,12-14H,4-7,10-11H2,1H3/t12-,14+/m1/s1. The molecular formula is C17H22N4O2. The second-order valence-electron chi connectivity index (χ2n) is 6.69. The number of hydrogen-bond donors (Lipinski definition) is 0. The van der Waals surface area contributed by atoms with Gasteiger partial charge in [-0.05, 0) is 44.7 Å². The molecule has 122 valence electrons. The van der Waals surface area contributed by atoms with Gasteiger partial charge in [-0.15, -0.1) is 0 Å². The molecule has 3 heterocycles. The van der Waals surface area contributed by atoms with E-state index in [1.165, 1.54) is 0 Å². The summed E-state index contributed by atoms with van der Waals surface area (Å²) < 4.78 is 7.44. The molecule has 2 fully saturated rings. The summed E-state index contributed by atoms with van der Waals surface area (Å²) in [5.74, 6) is 2.06. The minimum atomic E-state index is -0.0180. The highest BCUT2D eigenvalue weighted by Gasteiger charge is 2.36. The summed E-state index contributed by atoms with van der Waals surface area (Å²) in [4.78, 5) is 19.2. The maximum Gasteiger partial charge on any atom is 0.229 e. The van der Waals surface area contributed by atoms with Crippen molar-refractivity contribution in [1.29, 1.82) is 0 Å². The van der Waals surface area contributed by atoms with Crippen molar-refractivity contribution in [2.45, 2.75) is 57.0 Å². The fraction of sp³-hybridized carbons (Fsp3) is 0.588. The van der Waals surface area contributed by atoms with Crippen molar-refractivity contribution in [3.05, 3.63) is 36.2 Å². The third kappa shape index (κ3) is 2.90. The van der Waals surface area contributed by atoms with E-state index >= 15 is 0 Å². The van der Waals surface area contributed by atoms with E-state index < -0.39 is 0 Å². The Balaban J connectivity index is 1.44. The predicted octanol–water partition coefficient (Wildman–Crippen LogP) is 3.06. The summed E-state index contributed by atoms with van der Waals surface area (Å²) in [6.07, 6.45) is 8.71. The lowest BCUT2D eigenvalue weighted by Crippen LogP contribution is -2.32. The number of hydrogen-bond acceptors (Lipinski definition) is 4. The van der Waals surface area contributed by atoms with Gasteiger partial charge in [0, 0.05) is 37.3 Å². The third-order valence-electron chi connectivity index (χ3n) is 4.86. The molecule has 0 aromatic carbocycles.